The van der Waals surface area contributed by atoms with Gasteiger partial charge < -0.3 is 9.84 Å². The molecule has 1 N–H and O–H groups in total. The Morgan fingerprint density at radius 1 is 1.38 bits per heavy atom. The molecule has 16 heavy (non-hydrogen) atoms. The maximum atomic E-state index is 6.05. The van der Waals surface area contributed by atoms with Gasteiger partial charge in [-0.05, 0) is 18.6 Å². The Morgan fingerprint density at radius 2 is 2.19 bits per heavy atom. The van der Waals surface area contributed by atoms with Gasteiger partial charge in [-0.3, -0.25) is 0 Å². The second kappa shape index (κ2) is 4.76. The summed E-state index contributed by atoms with van der Waals surface area (Å²) in [6, 6.07) is 7.35. The fraction of sp³-hybridized carbons (Fsp3) is 0.182. The van der Waals surface area contributed by atoms with Crippen LogP contribution in [0.3, 0.4) is 0 Å². The molecule has 0 radical (unpaired) electrons. The van der Waals surface area contributed by atoms with E-state index in [1.54, 1.807) is 6.07 Å². The highest BCUT2D eigenvalue weighted by Gasteiger charge is 2.05. The van der Waals surface area contributed by atoms with Gasteiger partial charge in [0.1, 0.15) is 5.76 Å². The number of nitrogens with zero attached hydrogens (tertiary/aromatic N) is 1. The predicted molar refractivity (Wildman–Crippen MR) is 65.0 cm³/mol. The molecular formula is C11H10Cl2N2O. The van der Waals surface area contributed by atoms with Crippen LogP contribution in [0.15, 0.2) is 28.8 Å². The highest BCUT2D eigenvalue weighted by Crippen LogP contribution is 2.26. The van der Waals surface area contributed by atoms with Crippen molar-refractivity contribution >= 4 is 29.0 Å². The van der Waals surface area contributed by atoms with Crippen LogP contribution in [0.1, 0.15) is 11.3 Å². The topological polar surface area (TPSA) is 38.1 Å². The number of hydrogen-bond acceptors (Lipinski definition) is 3. The lowest BCUT2D eigenvalue weighted by Crippen LogP contribution is -2.00. The quantitative estimate of drug-likeness (QED) is 0.906. The van der Waals surface area contributed by atoms with E-state index in [2.05, 4.69) is 10.5 Å². The van der Waals surface area contributed by atoms with Gasteiger partial charge in [0.05, 0.1) is 10.0 Å². The highest BCUT2D eigenvalue weighted by molar-refractivity contribution is 6.42. The first-order valence-corrected chi connectivity index (χ1v) is 5.52. The van der Waals surface area contributed by atoms with Crippen molar-refractivity contribution in [3.8, 4) is 0 Å². The predicted octanol–water partition coefficient (Wildman–Crippen LogP) is 3.90. The molecule has 2 aromatic rings. The van der Waals surface area contributed by atoms with Crippen LogP contribution in [0.4, 0.5) is 5.82 Å². The molecule has 1 heterocycles. The average Bonchev–Trinajstić information content (AvgIpc) is 2.67. The lowest BCUT2D eigenvalue weighted by molar-refractivity contribution is 0.399. The largest absolute Gasteiger partial charge is 0.363 e. The summed E-state index contributed by atoms with van der Waals surface area (Å²) in [6.07, 6.45) is 0. The molecule has 0 bridgehead atoms. The highest BCUT2D eigenvalue weighted by atomic mass is 35.5. The SMILES string of the molecule is Cc1cc(NCc2cccc(Cl)c2Cl)no1. The first kappa shape index (κ1) is 11.3. The number of hydrogen-bond donors (Lipinski definition) is 1. The summed E-state index contributed by atoms with van der Waals surface area (Å²) in [5, 5.41) is 8.04. The van der Waals surface area contributed by atoms with Gasteiger partial charge >= 0.3 is 0 Å². The number of aromatic nitrogens is 1. The Labute approximate surface area is 103 Å². The second-order valence-corrected chi connectivity index (χ2v) is 4.17. The van der Waals surface area contributed by atoms with Crippen LogP contribution in [0.2, 0.25) is 10.0 Å². The molecule has 0 saturated carbocycles. The smallest absolute Gasteiger partial charge is 0.169 e. The Hall–Kier alpha value is -1.19. The van der Waals surface area contributed by atoms with Crippen LogP contribution in [-0.4, -0.2) is 5.16 Å². The first-order valence-electron chi connectivity index (χ1n) is 4.77. The molecule has 1 aromatic carbocycles. The fourth-order valence-electron chi connectivity index (χ4n) is 1.32. The number of rotatable bonds is 3. The zero-order chi connectivity index (χ0) is 11.5. The minimum absolute atomic E-state index is 0.553. The third-order valence-electron chi connectivity index (χ3n) is 2.12. The van der Waals surface area contributed by atoms with Gasteiger partial charge in [-0.25, -0.2) is 0 Å². The molecule has 0 amide bonds. The van der Waals surface area contributed by atoms with Crippen molar-refractivity contribution in [3.63, 3.8) is 0 Å². The number of benzene rings is 1. The monoisotopic (exact) mass is 256 g/mol. The van der Waals surface area contributed by atoms with Gasteiger partial charge in [0, 0.05) is 12.6 Å². The Bertz CT molecular complexity index is 496. The number of aryl methyl sites for hydroxylation is 1. The molecule has 0 atom stereocenters. The Morgan fingerprint density at radius 3 is 2.88 bits per heavy atom. The van der Waals surface area contributed by atoms with Crippen molar-refractivity contribution in [1.82, 2.24) is 5.16 Å². The van der Waals surface area contributed by atoms with E-state index in [4.69, 9.17) is 27.7 Å². The van der Waals surface area contributed by atoms with E-state index < -0.39 is 0 Å². The lowest BCUT2D eigenvalue weighted by Gasteiger charge is -2.05. The van der Waals surface area contributed by atoms with E-state index in [-0.39, 0.29) is 0 Å². The van der Waals surface area contributed by atoms with Crippen LogP contribution < -0.4 is 5.32 Å². The molecule has 5 heteroatoms. The van der Waals surface area contributed by atoms with Crippen molar-refractivity contribution in [3.05, 3.63) is 45.6 Å². The van der Waals surface area contributed by atoms with Crippen LogP contribution in [0, 0.1) is 6.92 Å². The molecular weight excluding hydrogens is 247 g/mol. The third-order valence-corrected chi connectivity index (χ3v) is 2.98. The molecule has 2 rings (SSSR count). The second-order valence-electron chi connectivity index (χ2n) is 3.39. The van der Waals surface area contributed by atoms with Crippen molar-refractivity contribution < 1.29 is 4.52 Å². The van der Waals surface area contributed by atoms with Crippen LogP contribution in [0.25, 0.3) is 0 Å². The molecule has 84 valence electrons. The average molecular weight is 257 g/mol. The molecule has 0 unspecified atom stereocenters. The summed E-state index contributed by atoms with van der Waals surface area (Å²) in [7, 11) is 0. The molecule has 0 aliphatic heterocycles. The van der Waals surface area contributed by atoms with E-state index >= 15 is 0 Å². The molecule has 1 aromatic heterocycles. The molecule has 0 saturated heterocycles. The van der Waals surface area contributed by atoms with Crippen LogP contribution >= 0.6 is 23.2 Å². The molecule has 3 nitrogen and oxygen atoms in total. The van der Waals surface area contributed by atoms with E-state index in [0.29, 0.717) is 22.4 Å². The van der Waals surface area contributed by atoms with Gasteiger partial charge in [-0.2, -0.15) is 0 Å². The van der Waals surface area contributed by atoms with E-state index in [1.165, 1.54) is 0 Å². The van der Waals surface area contributed by atoms with Crippen molar-refractivity contribution in [2.45, 2.75) is 13.5 Å². The van der Waals surface area contributed by atoms with Crippen molar-refractivity contribution in [1.29, 1.82) is 0 Å². The maximum absolute atomic E-state index is 6.05. The Balaban J connectivity index is 2.07. The van der Waals surface area contributed by atoms with Gasteiger partial charge in [-0.1, -0.05) is 40.5 Å². The van der Waals surface area contributed by atoms with Gasteiger partial charge in [0.2, 0.25) is 0 Å². The Kier molecular flexibility index (Phi) is 3.36. The van der Waals surface area contributed by atoms with Gasteiger partial charge in [-0.15, -0.1) is 0 Å². The zero-order valence-electron chi connectivity index (χ0n) is 8.63. The molecule has 0 spiro atoms. The number of halogens is 2. The molecule has 0 fully saturated rings. The summed E-state index contributed by atoms with van der Waals surface area (Å²) < 4.78 is 4.94. The van der Waals surface area contributed by atoms with Crippen molar-refractivity contribution in [2.24, 2.45) is 0 Å². The normalized spacial score (nSPS) is 10.4. The summed E-state index contributed by atoms with van der Waals surface area (Å²) in [5.74, 6) is 1.45. The summed E-state index contributed by atoms with van der Waals surface area (Å²) in [4.78, 5) is 0. The van der Waals surface area contributed by atoms with E-state index in [9.17, 15) is 0 Å². The maximum Gasteiger partial charge on any atom is 0.169 e. The summed E-state index contributed by atoms with van der Waals surface area (Å²) in [6.45, 7) is 2.40. The summed E-state index contributed by atoms with van der Waals surface area (Å²) in [5.41, 5.74) is 0.926. The molecule has 0 aliphatic rings. The summed E-state index contributed by atoms with van der Waals surface area (Å²) >= 11 is 12.0. The van der Waals surface area contributed by atoms with E-state index in [0.717, 1.165) is 11.3 Å². The zero-order valence-corrected chi connectivity index (χ0v) is 10.1. The minimum Gasteiger partial charge on any atom is -0.363 e. The van der Waals surface area contributed by atoms with Crippen molar-refractivity contribution in [2.75, 3.05) is 5.32 Å². The minimum atomic E-state index is 0.553. The standard InChI is InChI=1S/C11H10Cl2N2O/c1-7-5-10(15-16-7)14-6-8-3-2-4-9(12)11(8)13/h2-5H,6H2,1H3,(H,14,15). The third kappa shape index (κ3) is 2.49. The number of nitrogens with one attached hydrogen (secondary N) is 1. The lowest BCUT2D eigenvalue weighted by atomic mass is 10.2. The fourth-order valence-corrected chi connectivity index (χ4v) is 1.71. The van der Waals surface area contributed by atoms with Crippen LogP contribution in [-0.2, 0) is 6.54 Å². The first-order chi connectivity index (χ1) is 7.66. The van der Waals surface area contributed by atoms with Gasteiger partial charge in [0.15, 0.2) is 5.82 Å². The van der Waals surface area contributed by atoms with E-state index in [1.807, 2.05) is 25.1 Å². The molecule has 0 aliphatic carbocycles. The number of anilines is 1. The van der Waals surface area contributed by atoms with Crippen LogP contribution in [0.5, 0.6) is 0 Å². The van der Waals surface area contributed by atoms with Gasteiger partial charge in [0.25, 0.3) is 0 Å².